The number of ether oxygens (including phenoxy) is 3. The second-order valence-corrected chi connectivity index (χ2v) is 29.7. The summed E-state index contributed by atoms with van der Waals surface area (Å²) in [5, 5.41) is 20.7. The summed E-state index contributed by atoms with van der Waals surface area (Å²) in [6, 6.07) is 0. The molecule has 5 unspecified atom stereocenters. The van der Waals surface area contributed by atoms with Gasteiger partial charge in [0.15, 0.2) is 6.10 Å². The van der Waals surface area contributed by atoms with E-state index in [4.69, 9.17) is 32.3 Å². The average molecular weight is 1510 g/mol. The van der Waals surface area contributed by atoms with Crippen LogP contribution in [0.1, 0.15) is 316 Å². The Bertz CT molecular complexity index is 2540. The quantitative estimate of drug-likeness (QED) is 0.0146. The van der Waals surface area contributed by atoms with Crippen LogP contribution in [0.25, 0.3) is 0 Å². The van der Waals surface area contributed by atoms with Crippen molar-refractivity contribution in [3.8, 4) is 0 Å². The van der Waals surface area contributed by atoms with E-state index in [2.05, 4.69) is 179 Å². The van der Waals surface area contributed by atoms with E-state index in [1.165, 1.54) is 57.8 Å². The molecular formula is C87H146O16P2. The number of carbonyl (C=O) groups excluding carboxylic acids is 3. The highest BCUT2D eigenvalue weighted by atomic mass is 31.2. The van der Waals surface area contributed by atoms with Crippen molar-refractivity contribution in [2.75, 3.05) is 39.6 Å². The van der Waals surface area contributed by atoms with Crippen LogP contribution >= 0.6 is 15.6 Å². The number of aliphatic hydroxyl groups excluding tert-OH is 2. The molecule has 0 rings (SSSR count). The molecule has 0 saturated heterocycles. The van der Waals surface area contributed by atoms with Gasteiger partial charge in [0.1, 0.15) is 25.4 Å². The van der Waals surface area contributed by atoms with Gasteiger partial charge in [0.25, 0.3) is 0 Å². The number of rotatable bonds is 76. The maximum atomic E-state index is 13.0. The van der Waals surface area contributed by atoms with Gasteiger partial charge in [-0.3, -0.25) is 32.5 Å². The Morgan fingerprint density at radius 3 is 0.800 bits per heavy atom. The Morgan fingerprint density at radius 1 is 0.276 bits per heavy atom. The molecule has 0 amide bonds. The van der Waals surface area contributed by atoms with Crippen molar-refractivity contribution in [3.05, 3.63) is 158 Å². The van der Waals surface area contributed by atoms with Gasteiger partial charge in [-0.25, -0.2) is 9.13 Å². The number of aliphatic hydroxyl groups is 2. The monoisotopic (exact) mass is 1510 g/mol. The number of allylic oxidation sites excluding steroid dienone is 26. The number of unbranched alkanes of at least 4 members (excludes halogenated alkanes) is 27. The molecule has 0 spiro atoms. The lowest BCUT2D eigenvalue weighted by atomic mass is 10.1. The highest BCUT2D eigenvalue weighted by Gasteiger charge is 2.29. The van der Waals surface area contributed by atoms with Gasteiger partial charge in [-0.2, -0.15) is 0 Å². The SMILES string of the molecule is CC/C=C\C/C=C\C/C=C\C/C=C\C/C=C\C/C=C\CCCCCCCCCCCCC(=O)OCC(O)COP(=O)(O)OCC(O)COP(=O)(O)OCC(COC(=O)CCCCCCCCC/C=C\C/C=C\C/C=C\C/C=C\CCCCC)OC(=O)CCCCCCCCC/C=C\C/C=C\C/C=C\CC. The molecule has 600 valence electrons. The third-order valence-electron chi connectivity index (χ3n) is 16.7. The van der Waals surface area contributed by atoms with Crippen molar-refractivity contribution in [1.82, 2.24) is 0 Å². The first-order valence-electron chi connectivity index (χ1n) is 40.8. The topological polar surface area (TPSA) is 231 Å². The first-order chi connectivity index (χ1) is 51.2. The van der Waals surface area contributed by atoms with Crippen LogP contribution in [0.2, 0.25) is 0 Å². The number of phosphoric acid groups is 2. The lowest BCUT2D eigenvalue weighted by molar-refractivity contribution is -0.161. The van der Waals surface area contributed by atoms with E-state index in [-0.39, 0.29) is 19.3 Å². The summed E-state index contributed by atoms with van der Waals surface area (Å²) in [5.41, 5.74) is 0. The zero-order chi connectivity index (χ0) is 76.6. The molecule has 4 N–H and O–H groups in total. The molecule has 0 aromatic heterocycles. The van der Waals surface area contributed by atoms with E-state index in [0.29, 0.717) is 19.3 Å². The fourth-order valence-electron chi connectivity index (χ4n) is 10.6. The van der Waals surface area contributed by atoms with Gasteiger partial charge >= 0.3 is 33.6 Å². The second-order valence-electron chi connectivity index (χ2n) is 26.8. The summed E-state index contributed by atoms with van der Waals surface area (Å²) in [4.78, 5) is 58.7. The summed E-state index contributed by atoms with van der Waals surface area (Å²) < 4.78 is 61.2. The largest absolute Gasteiger partial charge is 0.472 e. The van der Waals surface area contributed by atoms with E-state index in [1.54, 1.807) is 0 Å². The minimum atomic E-state index is -4.94. The van der Waals surface area contributed by atoms with Crippen molar-refractivity contribution in [1.29, 1.82) is 0 Å². The van der Waals surface area contributed by atoms with Gasteiger partial charge in [-0.15, -0.1) is 0 Å². The van der Waals surface area contributed by atoms with E-state index < -0.39 is 91.5 Å². The van der Waals surface area contributed by atoms with Crippen molar-refractivity contribution in [2.45, 2.75) is 334 Å². The Balaban J connectivity index is 4.60. The molecule has 0 radical (unpaired) electrons. The smallest absolute Gasteiger partial charge is 0.463 e. The van der Waals surface area contributed by atoms with Crippen molar-refractivity contribution in [3.63, 3.8) is 0 Å². The molecule has 0 aliphatic heterocycles. The first kappa shape index (κ1) is 100. The average Bonchev–Trinajstić information content (AvgIpc) is 0.941. The Labute approximate surface area is 638 Å². The second kappa shape index (κ2) is 78.7. The zero-order valence-corrected chi connectivity index (χ0v) is 67.4. The van der Waals surface area contributed by atoms with Crippen LogP contribution < -0.4 is 0 Å². The normalized spacial score (nSPS) is 14.8. The fraction of sp³-hybridized carbons (Fsp3) is 0.667. The standard InChI is InChI=1S/C87H146O16P2/c1-4-7-10-13-16-19-22-25-28-31-33-35-37-38-39-40-41-42-44-46-47-50-52-55-58-61-64-67-70-73-85(90)97-76-82(88)77-99-104(93,94)100-78-83(89)79-101-105(95,96)102-81-84(103-87(92)75-72-69-66-63-60-57-54-49-30-27-24-21-18-15-12-9-6-3)80-98-86(91)74-71-68-65-62-59-56-53-51-48-45-43-36-34-32-29-26-23-20-17-14-11-8-5-2/h7,9-10,12,16-21,25-30,33-36,38-39,41-42,45,48,82-84,88-89H,4-6,8,11,13-15,22-24,31-32,37,40,43-44,46-47,49-81H2,1-3H3,(H,93,94)(H,95,96)/b10-7-,12-9-,19-16-,20-17-,21-18-,28-25-,29-26-,30-27-,35-33-,36-34-,39-38-,42-41-,48-45-. The third-order valence-corrected chi connectivity index (χ3v) is 18.6. The number of phosphoric ester groups is 2. The van der Waals surface area contributed by atoms with Crippen LogP contribution in [0.5, 0.6) is 0 Å². The molecule has 0 heterocycles. The minimum absolute atomic E-state index is 0.0866. The highest BCUT2D eigenvalue weighted by molar-refractivity contribution is 7.47. The fourth-order valence-corrected chi connectivity index (χ4v) is 12.2. The Hall–Kier alpha value is -4.83. The van der Waals surface area contributed by atoms with E-state index in [0.717, 1.165) is 199 Å². The van der Waals surface area contributed by atoms with Gasteiger partial charge in [0, 0.05) is 19.3 Å². The van der Waals surface area contributed by atoms with Crippen LogP contribution in [0, 0.1) is 0 Å². The predicted molar refractivity (Wildman–Crippen MR) is 435 cm³/mol. The maximum Gasteiger partial charge on any atom is 0.472 e. The molecule has 5 atom stereocenters. The number of hydrogen-bond donors (Lipinski definition) is 4. The molecule has 0 aromatic carbocycles. The summed E-state index contributed by atoms with van der Waals surface area (Å²) in [7, 11) is -9.81. The third kappa shape index (κ3) is 80.0. The molecule has 18 heteroatoms. The zero-order valence-electron chi connectivity index (χ0n) is 65.6. The first-order valence-corrected chi connectivity index (χ1v) is 43.8. The lowest BCUT2D eigenvalue weighted by Crippen LogP contribution is -2.30. The molecule has 0 saturated carbocycles. The number of carbonyl (C=O) groups is 3. The Morgan fingerprint density at radius 2 is 0.505 bits per heavy atom. The Kier molecular flexibility index (Phi) is 75.1. The predicted octanol–water partition coefficient (Wildman–Crippen LogP) is 24.2. The van der Waals surface area contributed by atoms with Crippen molar-refractivity contribution < 1.29 is 75.8 Å². The van der Waals surface area contributed by atoms with E-state index in [9.17, 15) is 43.5 Å². The molecule has 0 aliphatic carbocycles. The lowest BCUT2D eigenvalue weighted by Gasteiger charge is -2.21. The molecule has 0 aromatic rings. The highest BCUT2D eigenvalue weighted by Crippen LogP contribution is 2.45. The maximum absolute atomic E-state index is 13.0. The number of hydrogen-bond acceptors (Lipinski definition) is 14. The van der Waals surface area contributed by atoms with Crippen LogP contribution in [-0.2, 0) is 55.8 Å². The number of esters is 3. The molecule has 105 heavy (non-hydrogen) atoms. The van der Waals surface area contributed by atoms with Crippen molar-refractivity contribution in [2.24, 2.45) is 0 Å². The van der Waals surface area contributed by atoms with Gasteiger partial charge in [-0.1, -0.05) is 307 Å². The molecule has 16 nitrogen and oxygen atoms in total. The van der Waals surface area contributed by atoms with Crippen LogP contribution in [0.3, 0.4) is 0 Å². The minimum Gasteiger partial charge on any atom is -0.463 e. The molecule has 0 bridgehead atoms. The van der Waals surface area contributed by atoms with Gasteiger partial charge in [0.05, 0.1) is 26.4 Å². The molecular weight excluding hydrogens is 1360 g/mol. The van der Waals surface area contributed by atoms with Crippen LogP contribution in [0.15, 0.2) is 158 Å². The molecule has 0 aliphatic rings. The van der Waals surface area contributed by atoms with E-state index in [1.807, 2.05) is 0 Å². The van der Waals surface area contributed by atoms with Crippen LogP contribution in [0.4, 0.5) is 0 Å². The van der Waals surface area contributed by atoms with Gasteiger partial charge in [-0.05, 0) is 148 Å². The van der Waals surface area contributed by atoms with Crippen molar-refractivity contribution >= 4 is 33.6 Å². The van der Waals surface area contributed by atoms with Gasteiger partial charge in [0.2, 0.25) is 0 Å². The summed E-state index contributed by atoms with van der Waals surface area (Å²) in [6.45, 7) is 2.41. The summed E-state index contributed by atoms with van der Waals surface area (Å²) >= 11 is 0. The van der Waals surface area contributed by atoms with E-state index >= 15 is 0 Å². The molecule has 0 fully saturated rings. The summed E-state index contributed by atoms with van der Waals surface area (Å²) in [5.74, 6) is -1.60. The van der Waals surface area contributed by atoms with Crippen LogP contribution in [-0.4, -0.2) is 95.9 Å². The summed E-state index contributed by atoms with van der Waals surface area (Å²) in [6.07, 6.45) is 98.5. The van der Waals surface area contributed by atoms with Gasteiger partial charge < -0.3 is 34.2 Å².